The normalized spacial score (nSPS) is 16.6. The fourth-order valence-electron chi connectivity index (χ4n) is 3.24. The van der Waals surface area contributed by atoms with Crippen LogP contribution in [0, 0.1) is 5.41 Å². The number of amides is 1. The van der Waals surface area contributed by atoms with E-state index < -0.39 is 0 Å². The summed E-state index contributed by atoms with van der Waals surface area (Å²) in [6, 6.07) is 4.14. The lowest BCUT2D eigenvalue weighted by Crippen LogP contribution is -2.44. The van der Waals surface area contributed by atoms with E-state index in [9.17, 15) is 4.79 Å². The van der Waals surface area contributed by atoms with Crippen molar-refractivity contribution in [3.05, 3.63) is 24.2 Å². The summed E-state index contributed by atoms with van der Waals surface area (Å²) in [5.74, 6) is 1.79. The monoisotopic (exact) mass is 519 g/mol. The first kappa shape index (κ1) is 25.7. The number of nitrogens with zero attached hydrogens (tertiary/aromatic N) is 2. The van der Waals surface area contributed by atoms with Gasteiger partial charge in [0.1, 0.15) is 5.76 Å². The lowest BCUT2D eigenvalue weighted by Gasteiger charge is -2.32. The predicted molar refractivity (Wildman–Crippen MR) is 129 cm³/mol. The van der Waals surface area contributed by atoms with Gasteiger partial charge in [-0.05, 0) is 45.0 Å². The summed E-state index contributed by atoms with van der Waals surface area (Å²) < 4.78 is 5.70. The van der Waals surface area contributed by atoms with E-state index >= 15 is 0 Å². The first-order valence-corrected chi connectivity index (χ1v) is 10.5. The van der Waals surface area contributed by atoms with Crippen LogP contribution in [0.4, 0.5) is 0 Å². The Balaban J connectivity index is 0.00000420. The molecule has 2 heterocycles. The van der Waals surface area contributed by atoms with Gasteiger partial charge in [0.05, 0.1) is 18.8 Å². The minimum absolute atomic E-state index is 0. The molecule has 1 aromatic rings. The number of hydrogen-bond donors (Lipinski definition) is 3. The van der Waals surface area contributed by atoms with E-state index in [1.54, 1.807) is 6.26 Å². The minimum Gasteiger partial charge on any atom is -0.468 e. The number of furan rings is 1. The van der Waals surface area contributed by atoms with Gasteiger partial charge < -0.3 is 20.4 Å². The molecule has 1 aliphatic rings. The number of piperidine rings is 1. The molecular weight excluding hydrogens is 481 g/mol. The van der Waals surface area contributed by atoms with E-state index in [1.165, 1.54) is 19.3 Å². The topological polar surface area (TPSA) is 81.9 Å². The highest BCUT2D eigenvalue weighted by Crippen LogP contribution is 2.25. The van der Waals surface area contributed by atoms with Gasteiger partial charge in [0.15, 0.2) is 5.96 Å². The van der Waals surface area contributed by atoms with Crippen LogP contribution < -0.4 is 16.0 Å². The zero-order valence-corrected chi connectivity index (χ0v) is 20.6. The van der Waals surface area contributed by atoms with Gasteiger partial charge in [0, 0.05) is 25.0 Å². The molecular formula is C21H38IN5O2. The lowest BCUT2D eigenvalue weighted by atomic mass is 9.96. The molecule has 3 N–H and O–H groups in total. The highest BCUT2D eigenvalue weighted by Gasteiger charge is 2.24. The number of guanidine groups is 1. The van der Waals surface area contributed by atoms with E-state index in [2.05, 4.69) is 20.9 Å². The first-order valence-electron chi connectivity index (χ1n) is 10.5. The number of carbonyl (C=O) groups excluding carboxylic acids is 1. The fourth-order valence-corrected chi connectivity index (χ4v) is 3.24. The predicted octanol–water partition coefficient (Wildman–Crippen LogP) is 3.14. The molecule has 1 unspecified atom stereocenters. The molecule has 8 heteroatoms. The number of aliphatic imine (C=N–C) groups is 1. The molecule has 0 radical (unpaired) electrons. The lowest BCUT2D eigenvalue weighted by molar-refractivity contribution is -0.128. The molecule has 0 saturated carbocycles. The van der Waals surface area contributed by atoms with E-state index in [0.29, 0.717) is 19.6 Å². The molecule has 166 valence electrons. The Morgan fingerprint density at radius 1 is 1.17 bits per heavy atom. The molecule has 7 nitrogen and oxygen atoms in total. The summed E-state index contributed by atoms with van der Waals surface area (Å²) in [6.45, 7) is 12.6. The fraction of sp³-hybridized carbons (Fsp3) is 0.714. The minimum atomic E-state index is -0.372. The van der Waals surface area contributed by atoms with Gasteiger partial charge >= 0.3 is 0 Å². The summed E-state index contributed by atoms with van der Waals surface area (Å²) >= 11 is 0. The molecule has 0 aromatic carbocycles. The Hall–Kier alpha value is -1.29. The zero-order valence-electron chi connectivity index (χ0n) is 18.3. The van der Waals surface area contributed by atoms with Crippen molar-refractivity contribution in [1.82, 2.24) is 20.9 Å². The summed E-state index contributed by atoms with van der Waals surface area (Å²) in [5.41, 5.74) is -0.372. The van der Waals surface area contributed by atoms with Crippen molar-refractivity contribution in [3.63, 3.8) is 0 Å². The molecule has 29 heavy (non-hydrogen) atoms. The third kappa shape index (κ3) is 8.94. The average molecular weight is 519 g/mol. The van der Waals surface area contributed by atoms with Gasteiger partial charge in [0.25, 0.3) is 0 Å². The highest BCUT2D eigenvalue weighted by molar-refractivity contribution is 14.0. The SMILES string of the molecule is CCNC(=NCC(c1ccco1)N1CCCCC1)NCCNC(=O)C(C)(C)C.I. The van der Waals surface area contributed by atoms with Gasteiger partial charge in [-0.3, -0.25) is 14.7 Å². The standard InChI is InChI=1S/C21H37N5O2.HI/c1-5-22-20(24-12-11-23-19(27)21(2,3)4)25-16-17(18-10-9-15-28-18)26-13-7-6-8-14-26;/h9-10,15,17H,5-8,11-14,16H2,1-4H3,(H,23,27)(H2,22,24,25);1H. The number of hydrogen-bond acceptors (Lipinski definition) is 4. The van der Waals surface area contributed by atoms with Gasteiger partial charge in [0.2, 0.25) is 5.91 Å². The molecule has 1 aromatic heterocycles. The molecule has 1 atom stereocenters. The van der Waals surface area contributed by atoms with Gasteiger partial charge in [-0.2, -0.15) is 0 Å². The van der Waals surface area contributed by atoms with Crippen LogP contribution in [0.1, 0.15) is 58.8 Å². The maximum Gasteiger partial charge on any atom is 0.225 e. The van der Waals surface area contributed by atoms with Crippen molar-refractivity contribution >= 4 is 35.8 Å². The van der Waals surface area contributed by atoms with E-state index in [1.807, 2.05) is 39.8 Å². The van der Waals surface area contributed by atoms with E-state index in [-0.39, 0.29) is 41.3 Å². The maximum atomic E-state index is 12.0. The molecule has 1 fully saturated rings. The van der Waals surface area contributed by atoms with E-state index in [4.69, 9.17) is 9.41 Å². The van der Waals surface area contributed by atoms with Crippen LogP contribution >= 0.6 is 24.0 Å². The van der Waals surface area contributed by atoms with Crippen LogP contribution in [0.25, 0.3) is 0 Å². The summed E-state index contributed by atoms with van der Waals surface area (Å²) in [7, 11) is 0. The van der Waals surface area contributed by atoms with Crippen molar-refractivity contribution in [2.75, 3.05) is 39.3 Å². The summed E-state index contributed by atoms with van der Waals surface area (Å²) in [5, 5.41) is 9.54. The quantitative estimate of drug-likeness (QED) is 0.213. The smallest absolute Gasteiger partial charge is 0.225 e. The molecule has 1 saturated heterocycles. The molecule has 0 spiro atoms. The van der Waals surface area contributed by atoms with Crippen LogP contribution in [-0.4, -0.2) is 56.0 Å². The van der Waals surface area contributed by atoms with Crippen LogP contribution in [0.3, 0.4) is 0 Å². The molecule has 0 bridgehead atoms. The number of likely N-dealkylation sites (tertiary alicyclic amines) is 1. The van der Waals surface area contributed by atoms with Gasteiger partial charge in [-0.15, -0.1) is 24.0 Å². The zero-order chi connectivity index (χ0) is 20.4. The van der Waals surface area contributed by atoms with Crippen molar-refractivity contribution in [2.24, 2.45) is 10.4 Å². The van der Waals surface area contributed by atoms with Crippen LogP contribution in [0.5, 0.6) is 0 Å². The van der Waals surface area contributed by atoms with E-state index in [0.717, 1.165) is 31.4 Å². The Bertz CT molecular complexity index is 607. The van der Waals surface area contributed by atoms with Crippen molar-refractivity contribution < 1.29 is 9.21 Å². The van der Waals surface area contributed by atoms with Crippen LogP contribution in [0.15, 0.2) is 27.8 Å². The first-order chi connectivity index (χ1) is 13.4. The maximum absolute atomic E-state index is 12.0. The Morgan fingerprint density at radius 3 is 2.45 bits per heavy atom. The third-order valence-electron chi connectivity index (χ3n) is 4.85. The molecule has 1 aliphatic heterocycles. The number of nitrogens with one attached hydrogen (secondary N) is 3. The number of rotatable bonds is 8. The van der Waals surface area contributed by atoms with Crippen LogP contribution in [0.2, 0.25) is 0 Å². The highest BCUT2D eigenvalue weighted by atomic mass is 127. The summed E-state index contributed by atoms with van der Waals surface area (Å²) in [4.78, 5) is 19.2. The largest absolute Gasteiger partial charge is 0.468 e. The Morgan fingerprint density at radius 2 is 1.86 bits per heavy atom. The van der Waals surface area contributed by atoms with Crippen molar-refractivity contribution in [2.45, 2.75) is 53.0 Å². The van der Waals surface area contributed by atoms with Crippen LogP contribution in [-0.2, 0) is 4.79 Å². The number of halogens is 1. The average Bonchev–Trinajstić information content (AvgIpc) is 3.19. The second kappa shape index (κ2) is 13.1. The second-order valence-electron chi connectivity index (χ2n) is 8.28. The Labute approximate surface area is 192 Å². The second-order valence-corrected chi connectivity index (χ2v) is 8.28. The van der Waals surface area contributed by atoms with Crippen molar-refractivity contribution in [3.8, 4) is 0 Å². The summed E-state index contributed by atoms with van der Waals surface area (Å²) in [6.07, 6.45) is 5.49. The number of carbonyl (C=O) groups is 1. The Kier molecular flexibility index (Phi) is 11.6. The van der Waals surface area contributed by atoms with Gasteiger partial charge in [-0.1, -0.05) is 27.2 Å². The van der Waals surface area contributed by atoms with Gasteiger partial charge in [-0.25, -0.2) is 0 Å². The molecule has 2 rings (SSSR count). The molecule has 0 aliphatic carbocycles. The third-order valence-corrected chi connectivity index (χ3v) is 4.85. The molecule has 1 amide bonds. The van der Waals surface area contributed by atoms with Crippen molar-refractivity contribution in [1.29, 1.82) is 0 Å².